The topological polar surface area (TPSA) is 94.0 Å². The van der Waals surface area contributed by atoms with E-state index in [1.807, 2.05) is 37.3 Å². The van der Waals surface area contributed by atoms with E-state index in [0.717, 1.165) is 5.56 Å². The van der Waals surface area contributed by atoms with Gasteiger partial charge in [-0.1, -0.05) is 35.5 Å². The van der Waals surface area contributed by atoms with Crippen molar-refractivity contribution in [3.8, 4) is 0 Å². The number of aromatic carboxylic acids is 1. The number of nitrogens with two attached hydrogens (primary N) is 1. The summed E-state index contributed by atoms with van der Waals surface area (Å²) in [5.41, 5.74) is 7.12. The predicted molar refractivity (Wildman–Crippen MR) is 70.0 cm³/mol. The van der Waals surface area contributed by atoms with Crippen molar-refractivity contribution >= 4 is 5.97 Å². The molecule has 0 spiro atoms. The van der Waals surface area contributed by atoms with Crippen LogP contribution in [0.3, 0.4) is 0 Å². The molecular formula is C13H16N4O2. The lowest BCUT2D eigenvalue weighted by molar-refractivity contribution is 0.0689. The third-order valence-corrected chi connectivity index (χ3v) is 3.02. The predicted octanol–water partition coefficient (Wildman–Crippen LogP) is 1.09. The molecule has 1 aromatic heterocycles. The first kappa shape index (κ1) is 13.2. The van der Waals surface area contributed by atoms with Crippen LogP contribution in [0.1, 0.15) is 34.7 Å². The number of carboxylic acids is 1. The Balaban J connectivity index is 2.42. The van der Waals surface area contributed by atoms with E-state index in [1.54, 1.807) is 4.68 Å². The van der Waals surface area contributed by atoms with Crippen LogP contribution in [0.2, 0.25) is 0 Å². The Morgan fingerprint density at radius 1 is 1.42 bits per heavy atom. The first-order valence-electron chi connectivity index (χ1n) is 6.07. The highest BCUT2D eigenvalue weighted by Gasteiger charge is 2.21. The van der Waals surface area contributed by atoms with Crippen LogP contribution in [0.15, 0.2) is 30.3 Å². The third kappa shape index (κ3) is 2.63. The molecule has 1 unspecified atom stereocenters. The maximum absolute atomic E-state index is 11.1. The summed E-state index contributed by atoms with van der Waals surface area (Å²) in [6.45, 7) is 2.31. The summed E-state index contributed by atoms with van der Waals surface area (Å²) in [5, 5.41) is 16.8. The van der Waals surface area contributed by atoms with Gasteiger partial charge in [0.05, 0.1) is 11.7 Å². The SMILES string of the molecule is CC(c1ccccc1)n1nnc(C(=O)O)c1CCN. The summed E-state index contributed by atoms with van der Waals surface area (Å²) >= 11 is 0. The molecule has 0 bridgehead atoms. The summed E-state index contributed by atoms with van der Waals surface area (Å²) < 4.78 is 1.63. The van der Waals surface area contributed by atoms with Gasteiger partial charge in [0.25, 0.3) is 0 Å². The number of carboxylic acid groups (broad SMARTS) is 1. The van der Waals surface area contributed by atoms with Gasteiger partial charge in [-0.05, 0) is 19.0 Å². The third-order valence-electron chi connectivity index (χ3n) is 3.02. The molecule has 0 aliphatic heterocycles. The highest BCUT2D eigenvalue weighted by atomic mass is 16.4. The zero-order chi connectivity index (χ0) is 13.8. The molecule has 2 rings (SSSR count). The van der Waals surface area contributed by atoms with E-state index in [1.165, 1.54) is 0 Å². The molecule has 0 aliphatic rings. The average Bonchev–Trinajstić information content (AvgIpc) is 2.83. The molecule has 0 aliphatic carbocycles. The zero-order valence-electron chi connectivity index (χ0n) is 10.7. The first-order chi connectivity index (χ1) is 9.15. The quantitative estimate of drug-likeness (QED) is 0.839. The van der Waals surface area contributed by atoms with Gasteiger partial charge >= 0.3 is 5.97 Å². The molecule has 3 N–H and O–H groups in total. The van der Waals surface area contributed by atoms with E-state index >= 15 is 0 Å². The molecule has 0 saturated carbocycles. The maximum Gasteiger partial charge on any atom is 0.358 e. The largest absolute Gasteiger partial charge is 0.476 e. The van der Waals surface area contributed by atoms with Crippen LogP contribution in [0.5, 0.6) is 0 Å². The Morgan fingerprint density at radius 3 is 2.68 bits per heavy atom. The summed E-state index contributed by atoms with van der Waals surface area (Å²) in [7, 11) is 0. The highest BCUT2D eigenvalue weighted by Crippen LogP contribution is 2.20. The van der Waals surface area contributed by atoms with E-state index in [9.17, 15) is 4.79 Å². The Hall–Kier alpha value is -2.21. The number of aromatic nitrogens is 3. The van der Waals surface area contributed by atoms with Gasteiger partial charge < -0.3 is 10.8 Å². The van der Waals surface area contributed by atoms with Gasteiger partial charge in [-0.15, -0.1) is 5.10 Å². The summed E-state index contributed by atoms with van der Waals surface area (Å²) in [6, 6.07) is 9.66. The lowest BCUT2D eigenvalue weighted by atomic mass is 10.1. The van der Waals surface area contributed by atoms with Crippen molar-refractivity contribution in [2.24, 2.45) is 5.73 Å². The number of hydrogen-bond acceptors (Lipinski definition) is 4. The molecule has 0 saturated heterocycles. The van der Waals surface area contributed by atoms with Crippen molar-refractivity contribution in [2.75, 3.05) is 6.54 Å². The molecule has 0 fully saturated rings. The number of rotatable bonds is 5. The van der Waals surface area contributed by atoms with Crippen LogP contribution >= 0.6 is 0 Å². The van der Waals surface area contributed by atoms with Crippen LogP contribution in [0.25, 0.3) is 0 Å². The molecule has 0 radical (unpaired) electrons. The molecule has 6 heteroatoms. The Kier molecular flexibility index (Phi) is 3.91. The fourth-order valence-electron chi connectivity index (χ4n) is 2.03. The van der Waals surface area contributed by atoms with Gasteiger partial charge in [0, 0.05) is 6.42 Å². The van der Waals surface area contributed by atoms with Crippen LogP contribution in [-0.2, 0) is 6.42 Å². The number of nitrogens with zero attached hydrogens (tertiary/aromatic N) is 3. The van der Waals surface area contributed by atoms with Crippen LogP contribution in [-0.4, -0.2) is 32.6 Å². The summed E-state index contributed by atoms with van der Waals surface area (Å²) in [5.74, 6) is -1.07. The van der Waals surface area contributed by atoms with E-state index in [0.29, 0.717) is 18.7 Å². The number of benzene rings is 1. The molecule has 0 amide bonds. The normalized spacial score (nSPS) is 12.3. The molecule has 100 valence electrons. The van der Waals surface area contributed by atoms with Crippen LogP contribution in [0, 0.1) is 0 Å². The zero-order valence-corrected chi connectivity index (χ0v) is 10.7. The van der Waals surface area contributed by atoms with E-state index in [-0.39, 0.29) is 11.7 Å². The van der Waals surface area contributed by atoms with Crippen molar-refractivity contribution < 1.29 is 9.90 Å². The Labute approximate surface area is 110 Å². The number of carbonyl (C=O) groups is 1. The second-order valence-corrected chi connectivity index (χ2v) is 4.26. The first-order valence-corrected chi connectivity index (χ1v) is 6.07. The molecule has 19 heavy (non-hydrogen) atoms. The van der Waals surface area contributed by atoms with E-state index < -0.39 is 5.97 Å². The maximum atomic E-state index is 11.1. The minimum Gasteiger partial charge on any atom is -0.476 e. The lowest BCUT2D eigenvalue weighted by Crippen LogP contribution is -2.16. The van der Waals surface area contributed by atoms with Gasteiger partial charge in [0.15, 0.2) is 5.69 Å². The van der Waals surface area contributed by atoms with Crippen molar-refractivity contribution in [1.82, 2.24) is 15.0 Å². The minimum absolute atomic E-state index is 0.0202. The van der Waals surface area contributed by atoms with Crippen molar-refractivity contribution in [2.45, 2.75) is 19.4 Å². The fraction of sp³-hybridized carbons (Fsp3) is 0.308. The molecule has 1 heterocycles. The van der Waals surface area contributed by atoms with Crippen molar-refractivity contribution in [3.63, 3.8) is 0 Å². The van der Waals surface area contributed by atoms with Gasteiger partial charge in [0.1, 0.15) is 0 Å². The monoisotopic (exact) mass is 260 g/mol. The summed E-state index contributed by atoms with van der Waals surface area (Å²) in [4.78, 5) is 11.1. The van der Waals surface area contributed by atoms with E-state index in [2.05, 4.69) is 10.3 Å². The average molecular weight is 260 g/mol. The highest BCUT2D eigenvalue weighted by molar-refractivity contribution is 5.86. The molecular weight excluding hydrogens is 244 g/mol. The lowest BCUT2D eigenvalue weighted by Gasteiger charge is -2.15. The fourth-order valence-corrected chi connectivity index (χ4v) is 2.03. The minimum atomic E-state index is -1.07. The standard InChI is InChI=1S/C13H16N4O2/c1-9(10-5-3-2-4-6-10)17-11(7-8-14)12(13(18)19)15-16-17/h2-6,9H,7-8,14H2,1H3,(H,18,19). The summed E-state index contributed by atoms with van der Waals surface area (Å²) in [6.07, 6.45) is 0.436. The van der Waals surface area contributed by atoms with Crippen LogP contribution in [0.4, 0.5) is 0 Å². The molecule has 1 aromatic carbocycles. The van der Waals surface area contributed by atoms with E-state index in [4.69, 9.17) is 10.8 Å². The van der Waals surface area contributed by atoms with Crippen molar-refractivity contribution in [3.05, 3.63) is 47.3 Å². The molecule has 2 aromatic rings. The Bertz CT molecular complexity index is 565. The molecule has 1 atom stereocenters. The smallest absolute Gasteiger partial charge is 0.358 e. The van der Waals surface area contributed by atoms with Gasteiger partial charge in [-0.2, -0.15) is 0 Å². The number of hydrogen-bond donors (Lipinski definition) is 2. The van der Waals surface area contributed by atoms with Gasteiger partial charge in [-0.3, -0.25) is 0 Å². The Morgan fingerprint density at radius 2 is 2.11 bits per heavy atom. The van der Waals surface area contributed by atoms with Crippen molar-refractivity contribution in [1.29, 1.82) is 0 Å². The van der Waals surface area contributed by atoms with Gasteiger partial charge in [0.2, 0.25) is 0 Å². The second-order valence-electron chi connectivity index (χ2n) is 4.26. The van der Waals surface area contributed by atoms with Crippen LogP contribution < -0.4 is 5.73 Å². The van der Waals surface area contributed by atoms with Gasteiger partial charge in [-0.25, -0.2) is 9.48 Å². The molecule has 6 nitrogen and oxygen atoms in total. The second kappa shape index (κ2) is 5.62.